The minimum Gasteiger partial charge on any atom is -0.372 e. The van der Waals surface area contributed by atoms with Crippen LogP contribution in [0.15, 0.2) is 24.3 Å². The molecule has 4 heteroatoms. The molecule has 0 heterocycles. The molecule has 0 N–H and O–H groups in total. The molecule has 0 saturated heterocycles. The fraction of sp³-hybridized carbons (Fsp3) is 0.571. The smallest absolute Gasteiger partial charge is 0.0713 e. The Kier molecular flexibility index (Phi) is 6.07. The Balaban J connectivity index is 2.93. The van der Waals surface area contributed by atoms with Gasteiger partial charge in [0.15, 0.2) is 0 Å². The molecule has 102 valence electrons. The van der Waals surface area contributed by atoms with Crippen LogP contribution in [0.1, 0.15) is 13.8 Å². The van der Waals surface area contributed by atoms with Crippen LogP contribution >= 0.6 is 8.22 Å². The number of rotatable bonds is 6. The molecule has 3 nitrogen and oxygen atoms in total. The van der Waals surface area contributed by atoms with Crippen LogP contribution < -0.4 is 10.2 Å². The maximum Gasteiger partial charge on any atom is 0.0713 e. The van der Waals surface area contributed by atoms with E-state index in [1.165, 1.54) is 11.0 Å². The highest BCUT2D eigenvalue weighted by Crippen LogP contribution is 2.38. The normalized spacial score (nSPS) is 11.6. The van der Waals surface area contributed by atoms with Gasteiger partial charge in [-0.3, -0.25) is 9.34 Å². The van der Waals surface area contributed by atoms with Crippen molar-refractivity contribution in [1.29, 1.82) is 0 Å². The number of hydrogen-bond acceptors (Lipinski definition) is 3. The maximum atomic E-state index is 2.37. The molecule has 18 heavy (non-hydrogen) atoms. The molecule has 0 bridgehead atoms. The second-order valence-electron chi connectivity index (χ2n) is 4.67. The molecular formula is C14H26N3P. The van der Waals surface area contributed by atoms with Crippen molar-refractivity contribution in [3.8, 4) is 0 Å². The van der Waals surface area contributed by atoms with Gasteiger partial charge < -0.3 is 4.90 Å². The molecule has 1 aromatic carbocycles. The minimum atomic E-state index is -0.366. The lowest BCUT2D eigenvalue weighted by Crippen LogP contribution is -2.25. The van der Waals surface area contributed by atoms with Gasteiger partial charge in [-0.25, -0.2) is 0 Å². The minimum absolute atomic E-state index is 0.366. The SMILES string of the molecule is CCN(CC)c1ccc(P(N(C)C)N(C)C)cc1. The number of benzene rings is 1. The zero-order chi connectivity index (χ0) is 13.7. The molecule has 0 fully saturated rings. The number of nitrogens with zero attached hydrogens (tertiary/aromatic N) is 3. The Labute approximate surface area is 113 Å². The predicted octanol–water partition coefficient (Wildman–Crippen LogP) is 2.59. The molecular weight excluding hydrogens is 241 g/mol. The van der Waals surface area contributed by atoms with Crippen molar-refractivity contribution in [2.45, 2.75) is 13.8 Å². The summed E-state index contributed by atoms with van der Waals surface area (Å²) in [5.74, 6) is 0. The molecule has 1 aromatic rings. The van der Waals surface area contributed by atoms with Gasteiger partial charge in [-0.05, 0) is 66.3 Å². The van der Waals surface area contributed by atoms with Crippen molar-refractivity contribution in [3.05, 3.63) is 24.3 Å². The third kappa shape index (κ3) is 3.68. The standard InChI is InChI=1S/C14H26N3P/c1-7-17(8-2)13-9-11-14(12-10-13)18(15(3)4)16(5)6/h9-12H,7-8H2,1-6H3. The van der Waals surface area contributed by atoms with Gasteiger partial charge in [-0.2, -0.15) is 0 Å². The lowest BCUT2D eigenvalue weighted by Gasteiger charge is -2.31. The van der Waals surface area contributed by atoms with Crippen molar-refractivity contribution >= 4 is 19.2 Å². The summed E-state index contributed by atoms with van der Waals surface area (Å²) < 4.78 is 4.59. The summed E-state index contributed by atoms with van der Waals surface area (Å²) in [5, 5.41) is 1.40. The Morgan fingerprint density at radius 3 is 1.61 bits per heavy atom. The first-order valence-corrected chi connectivity index (χ1v) is 7.75. The Hall–Kier alpha value is -0.630. The van der Waals surface area contributed by atoms with Crippen LogP contribution in [0, 0.1) is 0 Å². The molecule has 0 spiro atoms. The van der Waals surface area contributed by atoms with Crippen molar-refractivity contribution in [1.82, 2.24) is 9.34 Å². The first-order chi connectivity index (χ1) is 8.51. The van der Waals surface area contributed by atoms with E-state index in [1.54, 1.807) is 0 Å². The fourth-order valence-corrected chi connectivity index (χ4v) is 4.26. The van der Waals surface area contributed by atoms with Crippen LogP contribution in [-0.4, -0.2) is 50.6 Å². The topological polar surface area (TPSA) is 9.72 Å². The van der Waals surface area contributed by atoms with Crippen LogP contribution in [-0.2, 0) is 0 Å². The molecule has 0 aromatic heterocycles. The summed E-state index contributed by atoms with van der Waals surface area (Å²) in [4.78, 5) is 2.37. The highest BCUT2D eigenvalue weighted by Gasteiger charge is 2.16. The summed E-state index contributed by atoms with van der Waals surface area (Å²) in [6, 6.07) is 9.01. The van der Waals surface area contributed by atoms with Gasteiger partial charge in [0.05, 0.1) is 8.22 Å². The van der Waals surface area contributed by atoms with E-state index in [0.717, 1.165) is 13.1 Å². The molecule has 0 aliphatic rings. The maximum absolute atomic E-state index is 2.37. The third-order valence-corrected chi connectivity index (χ3v) is 5.24. The highest BCUT2D eigenvalue weighted by atomic mass is 31.1. The fourth-order valence-electron chi connectivity index (χ4n) is 2.21. The summed E-state index contributed by atoms with van der Waals surface area (Å²) >= 11 is 0. The van der Waals surface area contributed by atoms with E-state index in [2.05, 4.69) is 80.5 Å². The van der Waals surface area contributed by atoms with E-state index < -0.39 is 0 Å². The van der Waals surface area contributed by atoms with Crippen LogP contribution in [0.5, 0.6) is 0 Å². The third-order valence-electron chi connectivity index (χ3n) is 2.97. The second kappa shape index (κ2) is 7.08. The van der Waals surface area contributed by atoms with Crippen LogP contribution in [0.2, 0.25) is 0 Å². The molecule has 0 aliphatic heterocycles. The second-order valence-corrected chi connectivity index (χ2v) is 7.37. The summed E-state index contributed by atoms with van der Waals surface area (Å²) in [6.07, 6.45) is 0. The van der Waals surface area contributed by atoms with Gasteiger partial charge in [0.25, 0.3) is 0 Å². The van der Waals surface area contributed by atoms with Crippen LogP contribution in [0.3, 0.4) is 0 Å². The first kappa shape index (κ1) is 15.4. The predicted molar refractivity (Wildman–Crippen MR) is 83.9 cm³/mol. The first-order valence-electron chi connectivity index (χ1n) is 6.50. The average Bonchev–Trinajstić information content (AvgIpc) is 2.31. The Bertz CT molecular complexity index is 337. The van der Waals surface area contributed by atoms with E-state index in [0.29, 0.717) is 0 Å². The number of anilines is 1. The Morgan fingerprint density at radius 2 is 1.28 bits per heavy atom. The van der Waals surface area contributed by atoms with Crippen LogP contribution in [0.4, 0.5) is 5.69 Å². The summed E-state index contributed by atoms with van der Waals surface area (Å²) in [6.45, 7) is 6.52. The lowest BCUT2D eigenvalue weighted by atomic mass is 10.3. The highest BCUT2D eigenvalue weighted by molar-refractivity contribution is 7.60. The monoisotopic (exact) mass is 267 g/mol. The van der Waals surface area contributed by atoms with Crippen LogP contribution in [0.25, 0.3) is 0 Å². The van der Waals surface area contributed by atoms with E-state index in [4.69, 9.17) is 0 Å². The van der Waals surface area contributed by atoms with Gasteiger partial charge in [0, 0.05) is 24.1 Å². The Morgan fingerprint density at radius 1 is 0.833 bits per heavy atom. The van der Waals surface area contributed by atoms with Gasteiger partial charge in [-0.1, -0.05) is 0 Å². The van der Waals surface area contributed by atoms with E-state index in [-0.39, 0.29) is 8.22 Å². The van der Waals surface area contributed by atoms with Gasteiger partial charge >= 0.3 is 0 Å². The van der Waals surface area contributed by atoms with Gasteiger partial charge in [0.2, 0.25) is 0 Å². The summed E-state index contributed by atoms with van der Waals surface area (Å²) in [5.41, 5.74) is 1.32. The number of hydrogen-bond donors (Lipinski definition) is 0. The molecule has 0 aliphatic carbocycles. The zero-order valence-corrected chi connectivity index (χ0v) is 13.4. The lowest BCUT2D eigenvalue weighted by molar-refractivity contribution is 0.584. The van der Waals surface area contributed by atoms with E-state index in [9.17, 15) is 0 Å². The van der Waals surface area contributed by atoms with Crippen molar-refractivity contribution < 1.29 is 0 Å². The van der Waals surface area contributed by atoms with E-state index in [1.807, 2.05) is 0 Å². The van der Waals surface area contributed by atoms with Gasteiger partial charge in [-0.15, -0.1) is 0 Å². The zero-order valence-electron chi connectivity index (χ0n) is 12.5. The van der Waals surface area contributed by atoms with Crippen molar-refractivity contribution in [3.63, 3.8) is 0 Å². The molecule has 0 saturated carbocycles. The summed E-state index contributed by atoms with van der Waals surface area (Å²) in [7, 11) is 8.21. The van der Waals surface area contributed by atoms with Gasteiger partial charge in [0.1, 0.15) is 0 Å². The largest absolute Gasteiger partial charge is 0.372 e. The molecule has 0 radical (unpaired) electrons. The van der Waals surface area contributed by atoms with E-state index >= 15 is 0 Å². The quantitative estimate of drug-likeness (QED) is 0.734. The molecule has 0 unspecified atom stereocenters. The molecule has 0 atom stereocenters. The molecule has 0 amide bonds. The molecule has 1 rings (SSSR count). The average molecular weight is 267 g/mol. The van der Waals surface area contributed by atoms with Crippen molar-refractivity contribution in [2.75, 3.05) is 46.2 Å². The van der Waals surface area contributed by atoms with Crippen molar-refractivity contribution in [2.24, 2.45) is 0 Å².